The van der Waals surface area contributed by atoms with Crippen molar-refractivity contribution in [1.82, 2.24) is 14.6 Å². The molecule has 0 saturated carbocycles. The Bertz CT molecular complexity index is 794. The first-order valence-electron chi connectivity index (χ1n) is 7.31. The van der Waals surface area contributed by atoms with Crippen LogP contribution in [0.3, 0.4) is 0 Å². The summed E-state index contributed by atoms with van der Waals surface area (Å²) in [5.74, 6) is 0. The van der Waals surface area contributed by atoms with E-state index in [0.29, 0.717) is 40.5 Å². The molecule has 0 aliphatic carbocycles. The van der Waals surface area contributed by atoms with Crippen LogP contribution in [0.5, 0.6) is 0 Å². The fourth-order valence-corrected chi connectivity index (χ4v) is 4.71. The van der Waals surface area contributed by atoms with E-state index in [1.807, 2.05) is 0 Å². The van der Waals surface area contributed by atoms with Gasteiger partial charge in [0.15, 0.2) is 0 Å². The highest BCUT2D eigenvalue weighted by Gasteiger charge is 2.30. The van der Waals surface area contributed by atoms with Crippen molar-refractivity contribution < 1.29 is 8.42 Å². The van der Waals surface area contributed by atoms with Crippen molar-refractivity contribution in [2.24, 2.45) is 0 Å². The predicted octanol–water partition coefficient (Wildman–Crippen LogP) is 2.26. The highest BCUT2D eigenvalue weighted by molar-refractivity contribution is 7.89. The monoisotopic (exact) mass is 339 g/mol. The second-order valence-corrected chi connectivity index (χ2v) is 7.64. The van der Waals surface area contributed by atoms with E-state index < -0.39 is 10.0 Å². The molecule has 7 heteroatoms. The number of hydrogen-bond acceptors (Lipinski definition) is 4. The Morgan fingerprint density at radius 3 is 2.95 bits per heavy atom. The van der Waals surface area contributed by atoms with E-state index in [2.05, 4.69) is 17.2 Å². The van der Waals surface area contributed by atoms with E-state index in [-0.39, 0.29) is 6.04 Å². The van der Waals surface area contributed by atoms with E-state index in [1.54, 1.807) is 28.6 Å². The smallest absolute Gasteiger partial charge is 0.243 e. The number of aromatic nitrogens is 1. The molecule has 1 N–H and O–H groups in total. The van der Waals surface area contributed by atoms with E-state index >= 15 is 0 Å². The molecule has 0 radical (unpaired) electrons. The first kappa shape index (κ1) is 15.7. The minimum atomic E-state index is -3.54. The van der Waals surface area contributed by atoms with Gasteiger partial charge >= 0.3 is 0 Å². The highest BCUT2D eigenvalue weighted by Crippen LogP contribution is 2.29. The number of hydrogen-bond donors (Lipinski definition) is 1. The van der Waals surface area contributed by atoms with Crippen LogP contribution in [0.4, 0.5) is 0 Å². The lowest BCUT2D eigenvalue weighted by molar-refractivity contribution is 0.294. The van der Waals surface area contributed by atoms with Crippen LogP contribution in [0.15, 0.2) is 35.4 Å². The maximum absolute atomic E-state index is 13.0. The number of nitrogens with one attached hydrogen (secondary N) is 1. The minimum Gasteiger partial charge on any atom is -0.311 e. The molecule has 2 aromatic rings. The van der Waals surface area contributed by atoms with Gasteiger partial charge in [0.25, 0.3) is 0 Å². The molecule has 3 rings (SSSR count). The normalized spacial score (nSPS) is 20.4. The topological polar surface area (TPSA) is 62.3 Å². The van der Waals surface area contributed by atoms with Crippen molar-refractivity contribution >= 4 is 32.4 Å². The fraction of sp³-hybridized carbons (Fsp3) is 0.400. The molecule has 22 heavy (non-hydrogen) atoms. The van der Waals surface area contributed by atoms with Gasteiger partial charge in [-0.05, 0) is 18.6 Å². The number of benzene rings is 1. The number of rotatable bonds is 3. The third-order valence-electron chi connectivity index (χ3n) is 4.05. The molecular weight excluding hydrogens is 322 g/mol. The number of piperazine rings is 1. The molecule has 118 valence electrons. The van der Waals surface area contributed by atoms with Crippen LogP contribution in [0.2, 0.25) is 5.15 Å². The van der Waals surface area contributed by atoms with Crippen molar-refractivity contribution in [3.8, 4) is 0 Å². The van der Waals surface area contributed by atoms with Gasteiger partial charge in [-0.25, -0.2) is 13.4 Å². The van der Waals surface area contributed by atoms with Crippen molar-refractivity contribution in [3.63, 3.8) is 0 Å². The summed E-state index contributed by atoms with van der Waals surface area (Å²) in [6.45, 7) is 3.70. The molecule has 1 unspecified atom stereocenters. The van der Waals surface area contributed by atoms with Gasteiger partial charge in [-0.2, -0.15) is 4.31 Å². The number of sulfonamides is 1. The van der Waals surface area contributed by atoms with Gasteiger partial charge in [0.2, 0.25) is 10.0 Å². The molecule has 1 aromatic carbocycles. The van der Waals surface area contributed by atoms with Crippen molar-refractivity contribution in [2.45, 2.75) is 24.3 Å². The van der Waals surface area contributed by atoms with E-state index in [0.717, 1.165) is 6.42 Å². The molecule has 5 nitrogen and oxygen atoms in total. The number of nitrogens with zero attached hydrogens (tertiary/aromatic N) is 2. The van der Waals surface area contributed by atoms with E-state index in [1.165, 1.54) is 6.20 Å². The molecular formula is C15H18ClN3O2S. The number of pyridine rings is 1. The molecule has 1 fully saturated rings. The van der Waals surface area contributed by atoms with Gasteiger partial charge in [-0.15, -0.1) is 0 Å². The standard InChI is InChI=1S/C15H18ClN3O2S/c1-2-11-10-19(9-8-17-11)22(20,21)14-5-3-4-13-12(14)6-7-18-15(13)16/h3-7,11,17H,2,8-10H2,1H3. The quantitative estimate of drug-likeness (QED) is 0.871. The Morgan fingerprint density at radius 2 is 2.18 bits per heavy atom. The van der Waals surface area contributed by atoms with Crippen molar-refractivity contribution in [3.05, 3.63) is 35.6 Å². The van der Waals surface area contributed by atoms with Gasteiger partial charge in [-0.1, -0.05) is 30.7 Å². The number of fused-ring (bicyclic) bond motifs is 1. The summed E-state index contributed by atoms with van der Waals surface area (Å²) in [7, 11) is -3.54. The third-order valence-corrected chi connectivity index (χ3v) is 6.27. The summed E-state index contributed by atoms with van der Waals surface area (Å²) in [5, 5.41) is 4.93. The maximum Gasteiger partial charge on any atom is 0.243 e. The molecule has 2 heterocycles. The van der Waals surface area contributed by atoms with E-state index in [9.17, 15) is 8.42 Å². The lowest BCUT2D eigenvalue weighted by atomic mass is 10.2. The summed E-state index contributed by atoms with van der Waals surface area (Å²) in [4.78, 5) is 4.31. The summed E-state index contributed by atoms with van der Waals surface area (Å²) < 4.78 is 27.6. The first-order valence-corrected chi connectivity index (χ1v) is 9.12. The van der Waals surface area contributed by atoms with Crippen molar-refractivity contribution in [2.75, 3.05) is 19.6 Å². The molecule has 0 bridgehead atoms. The van der Waals surface area contributed by atoms with Crippen LogP contribution in [-0.2, 0) is 10.0 Å². The Balaban J connectivity index is 2.08. The lowest BCUT2D eigenvalue weighted by Crippen LogP contribution is -2.52. The van der Waals surface area contributed by atoms with Gasteiger partial charge in [0.05, 0.1) is 4.90 Å². The lowest BCUT2D eigenvalue weighted by Gasteiger charge is -2.32. The Kier molecular flexibility index (Phi) is 4.36. The zero-order valence-corrected chi connectivity index (χ0v) is 13.9. The number of halogens is 1. The Labute approximate surface area is 135 Å². The molecule has 1 aromatic heterocycles. The predicted molar refractivity (Wildman–Crippen MR) is 87.6 cm³/mol. The average Bonchev–Trinajstić information content (AvgIpc) is 2.55. The summed E-state index contributed by atoms with van der Waals surface area (Å²) >= 11 is 6.08. The molecule has 1 atom stereocenters. The highest BCUT2D eigenvalue weighted by atomic mass is 35.5. The van der Waals surface area contributed by atoms with Crippen LogP contribution in [0.1, 0.15) is 13.3 Å². The van der Waals surface area contributed by atoms with Gasteiger partial charge < -0.3 is 5.32 Å². The zero-order chi connectivity index (χ0) is 15.7. The molecule has 1 saturated heterocycles. The maximum atomic E-state index is 13.0. The second kappa shape index (κ2) is 6.12. The summed E-state index contributed by atoms with van der Waals surface area (Å²) in [6, 6.07) is 7.03. The van der Waals surface area contributed by atoms with Gasteiger partial charge in [0.1, 0.15) is 5.15 Å². The largest absolute Gasteiger partial charge is 0.311 e. The molecule has 1 aliphatic rings. The average molecular weight is 340 g/mol. The molecule has 1 aliphatic heterocycles. The van der Waals surface area contributed by atoms with Crippen molar-refractivity contribution in [1.29, 1.82) is 0 Å². The van der Waals surface area contributed by atoms with Crippen LogP contribution in [-0.4, -0.2) is 43.4 Å². The van der Waals surface area contributed by atoms with Gasteiger partial charge in [-0.3, -0.25) is 0 Å². The SMILES string of the molecule is CCC1CN(S(=O)(=O)c2cccc3c(Cl)nccc23)CCN1. The molecule has 0 spiro atoms. The first-order chi connectivity index (χ1) is 10.5. The second-order valence-electron chi connectivity index (χ2n) is 5.38. The Hall–Kier alpha value is -1.21. The van der Waals surface area contributed by atoms with Crippen LogP contribution >= 0.6 is 11.6 Å². The zero-order valence-electron chi connectivity index (χ0n) is 12.3. The third kappa shape index (κ3) is 2.72. The summed E-state index contributed by atoms with van der Waals surface area (Å²) in [6.07, 6.45) is 2.44. The summed E-state index contributed by atoms with van der Waals surface area (Å²) in [5.41, 5.74) is 0. The fourth-order valence-electron chi connectivity index (χ4n) is 2.79. The van der Waals surface area contributed by atoms with Crippen LogP contribution < -0.4 is 5.32 Å². The minimum absolute atomic E-state index is 0.198. The van der Waals surface area contributed by atoms with Gasteiger partial charge in [0, 0.05) is 42.6 Å². The van der Waals surface area contributed by atoms with Crippen LogP contribution in [0, 0.1) is 0 Å². The Morgan fingerprint density at radius 1 is 1.36 bits per heavy atom. The van der Waals surface area contributed by atoms with E-state index in [4.69, 9.17) is 11.6 Å². The molecule has 0 amide bonds. The van der Waals surface area contributed by atoms with Crippen LogP contribution in [0.25, 0.3) is 10.8 Å².